The number of nitrogens with zero attached hydrogens (tertiary/aromatic N) is 1. The van der Waals surface area contributed by atoms with E-state index in [-0.39, 0.29) is 0 Å². The summed E-state index contributed by atoms with van der Waals surface area (Å²) in [5.41, 5.74) is 10.5. The lowest BCUT2D eigenvalue weighted by Gasteiger charge is -2.29. The SMILES string of the molecule is c1cc(-c2ccc3ccccc3c2)cc(N(c2cccc(-c3ccc4c(c3)sc3ccccc34)c2)c2ccccc2-c2ccc3c(c2)sc2ccccc23)c1. The molecule has 0 fully saturated rings. The minimum atomic E-state index is 1.11. The lowest BCUT2D eigenvalue weighted by Crippen LogP contribution is -2.11. The molecule has 55 heavy (non-hydrogen) atoms. The first-order valence-corrected chi connectivity index (χ1v) is 20.3. The molecule has 258 valence electrons. The van der Waals surface area contributed by atoms with E-state index in [1.54, 1.807) is 0 Å². The van der Waals surface area contributed by atoms with Crippen molar-refractivity contribution in [2.75, 3.05) is 4.90 Å². The highest BCUT2D eigenvalue weighted by atomic mass is 32.1. The monoisotopic (exact) mass is 735 g/mol. The standard InChI is InChI=1S/C52H33NS2/c1-2-12-35-29-38(24-23-34(35)11-1)36-13-9-15-41(30-36)53(42-16-10-14-37(31-42)39-25-27-46-44-18-4-7-21-49(44)54-51(46)32-39)48-20-6-3-17-43(48)40-26-28-47-45-19-5-8-22-50(45)55-52(47)33-40/h1-33H. The highest BCUT2D eigenvalue weighted by molar-refractivity contribution is 7.26. The predicted molar refractivity (Wildman–Crippen MR) is 241 cm³/mol. The Hall–Kier alpha value is -6.52. The predicted octanol–water partition coefficient (Wildman–Crippen LogP) is 16.0. The van der Waals surface area contributed by atoms with Crippen molar-refractivity contribution in [3.8, 4) is 33.4 Å². The van der Waals surface area contributed by atoms with Crippen molar-refractivity contribution in [1.82, 2.24) is 0 Å². The summed E-state index contributed by atoms with van der Waals surface area (Å²) in [6.07, 6.45) is 0. The second-order valence-electron chi connectivity index (χ2n) is 14.1. The van der Waals surface area contributed by atoms with Crippen LogP contribution in [0, 0.1) is 0 Å². The van der Waals surface area contributed by atoms with Crippen molar-refractivity contribution in [2.45, 2.75) is 0 Å². The molecule has 0 unspecified atom stereocenters. The van der Waals surface area contributed by atoms with Gasteiger partial charge < -0.3 is 4.90 Å². The first-order valence-electron chi connectivity index (χ1n) is 18.7. The molecule has 11 rings (SSSR count). The van der Waals surface area contributed by atoms with Crippen LogP contribution in [-0.4, -0.2) is 0 Å². The van der Waals surface area contributed by atoms with E-state index in [0.29, 0.717) is 0 Å². The third-order valence-corrected chi connectivity index (χ3v) is 13.1. The maximum Gasteiger partial charge on any atom is 0.0540 e. The van der Waals surface area contributed by atoms with Gasteiger partial charge in [-0.1, -0.05) is 140 Å². The molecule has 0 saturated heterocycles. The first kappa shape index (κ1) is 32.0. The van der Waals surface area contributed by atoms with Gasteiger partial charge in [-0.05, 0) is 99.3 Å². The number of hydrogen-bond donors (Lipinski definition) is 0. The molecule has 0 radical (unpaired) electrons. The van der Waals surface area contributed by atoms with Crippen LogP contribution in [-0.2, 0) is 0 Å². The lowest BCUT2D eigenvalue weighted by molar-refractivity contribution is 1.28. The zero-order valence-electron chi connectivity index (χ0n) is 29.8. The van der Waals surface area contributed by atoms with E-state index in [4.69, 9.17) is 0 Å². The minimum Gasteiger partial charge on any atom is -0.310 e. The molecule has 3 heteroatoms. The fourth-order valence-electron chi connectivity index (χ4n) is 8.16. The normalized spacial score (nSPS) is 11.6. The first-order chi connectivity index (χ1) is 27.2. The molecule has 2 heterocycles. The van der Waals surface area contributed by atoms with Gasteiger partial charge in [0.25, 0.3) is 0 Å². The molecule has 0 aliphatic carbocycles. The van der Waals surface area contributed by atoms with Crippen LogP contribution in [0.15, 0.2) is 200 Å². The van der Waals surface area contributed by atoms with Gasteiger partial charge in [-0.15, -0.1) is 22.7 Å². The summed E-state index contributed by atoms with van der Waals surface area (Å²) < 4.78 is 5.26. The van der Waals surface area contributed by atoms with Crippen molar-refractivity contribution >= 4 is 90.9 Å². The van der Waals surface area contributed by atoms with Gasteiger partial charge in [0.15, 0.2) is 0 Å². The average molecular weight is 736 g/mol. The molecule has 0 N–H and O–H groups in total. The number of fused-ring (bicyclic) bond motifs is 7. The Bertz CT molecular complexity index is 3240. The summed E-state index contributed by atoms with van der Waals surface area (Å²) in [5, 5.41) is 7.76. The second-order valence-corrected chi connectivity index (χ2v) is 16.3. The fourth-order valence-corrected chi connectivity index (χ4v) is 10.4. The Kier molecular flexibility index (Phi) is 7.61. The summed E-state index contributed by atoms with van der Waals surface area (Å²) in [7, 11) is 0. The maximum absolute atomic E-state index is 2.44. The highest BCUT2D eigenvalue weighted by Gasteiger charge is 2.19. The van der Waals surface area contributed by atoms with Crippen molar-refractivity contribution < 1.29 is 0 Å². The maximum atomic E-state index is 2.44. The molecule has 9 aromatic carbocycles. The van der Waals surface area contributed by atoms with Gasteiger partial charge in [-0.2, -0.15) is 0 Å². The summed E-state index contributed by atoms with van der Waals surface area (Å²) in [5.74, 6) is 0. The number of para-hydroxylation sites is 1. The molecule has 0 aliphatic heterocycles. The van der Waals surface area contributed by atoms with Gasteiger partial charge in [0.05, 0.1) is 5.69 Å². The van der Waals surface area contributed by atoms with Crippen LogP contribution in [0.5, 0.6) is 0 Å². The number of benzene rings is 9. The third-order valence-electron chi connectivity index (χ3n) is 10.8. The minimum absolute atomic E-state index is 1.11. The van der Waals surface area contributed by atoms with Crippen LogP contribution in [0.1, 0.15) is 0 Å². The molecule has 0 saturated carbocycles. The molecule has 0 bridgehead atoms. The molecular formula is C52H33NS2. The Morgan fingerprint density at radius 1 is 0.291 bits per heavy atom. The number of rotatable bonds is 6. The van der Waals surface area contributed by atoms with Crippen molar-refractivity contribution in [1.29, 1.82) is 0 Å². The van der Waals surface area contributed by atoms with E-state index in [1.807, 2.05) is 22.7 Å². The van der Waals surface area contributed by atoms with Crippen LogP contribution in [0.4, 0.5) is 17.1 Å². The molecule has 0 amide bonds. The van der Waals surface area contributed by atoms with E-state index < -0.39 is 0 Å². The van der Waals surface area contributed by atoms with E-state index >= 15 is 0 Å². The number of hydrogen-bond acceptors (Lipinski definition) is 3. The smallest absolute Gasteiger partial charge is 0.0540 e. The summed E-state index contributed by atoms with van der Waals surface area (Å²) in [6.45, 7) is 0. The lowest BCUT2D eigenvalue weighted by atomic mass is 9.98. The van der Waals surface area contributed by atoms with Crippen LogP contribution >= 0.6 is 22.7 Å². The molecule has 0 atom stereocenters. The Labute approximate surface area is 327 Å². The van der Waals surface area contributed by atoms with Crippen LogP contribution in [0.2, 0.25) is 0 Å². The third kappa shape index (κ3) is 5.60. The average Bonchev–Trinajstić information content (AvgIpc) is 3.82. The number of anilines is 3. The van der Waals surface area contributed by atoms with Crippen LogP contribution in [0.25, 0.3) is 84.5 Å². The Balaban J connectivity index is 1.08. The van der Waals surface area contributed by atoms with E-state index in [9.17, 15) is 0 Å². The fraction of sp³-hybridized carbons (Fsp3) is 0. The summed E-state index contributed by atoms with van der Waals surface area (Å²) >= 11 is 3.73. The zero-order chi connectivity index (χ0) is 36.3. The van der Waals surface area contributed by atoms with Gasteiger partial charge in [-0.3, -0.25) is 0 Å². The summed E-state index contributed by atoms with van der Waals surface area (Å²) in [4.78, 5) is 2.44. The summed E-state index contributed by atoms with van der Waals surface area (Å²) in [6, 6.07) is 73.6. The second kappa shape index (κ2) is 13.1. The molecule has 11 aromatic rings. The van der Waals surface area contributed by atoms with Gasteiger partial charge >= 0.3 is 0 Å². The van der Waals surface area contributed by atoms with Gasteiger partial charge in [-0.25, -0.2) is 0 Å². The van der Waals surface area contributed by atoms with Crippen molar-refractivity contribution in [2.24, 2.45) is 0 Å². The van der Waals surface area contributed by atoms with E-state index in [2.05, 4.69) is 205 Å². The quantitative estimate of drug-likeness (QED) is 0.164. The Morgan fingerprint density at radius 3 is 1.47 bits per heavy atom. The van der Waals surface area contributed by atoms with Gasteiger partial charge in [0.1, 0.15) is 0 Å². The van der Waals surface area contributed by atoms with E-state index in [1.165, 1.54) is 84.5 Å². The topological polar surface area (TPSA) is 3.24 Å². The highest BCUT2D eigenvalue weighted by Crippen LogP contribution is 2.45. The molecular weight excluding hydrogens is 703 g/mol. The van der Waals surface area contributed by atoms with Gasteiger partial charge in [0, 0.05) is 57.3 Å². The van der Waals surface area contributed by atoms with Crippen LogP contribution in [0.3, 0.4) is 0 Å². The number of thiophene rings is 2. The molecule has 0 aliphatic rings. The molecule has 1 nitrogen and oxygen atoms in total. The van der Waals surface area contributed by atoms with E-state index in [0.717, 1.165) is 17.1 Å². The van der Waals surface area contributed by atoms with Crippen molar-refractivity contribution in [3.05, 3.63) is 200 Å². The van der Waals surface area contributed by atoms with Crippen molar-refractivity contribution in [3.63, 3.8) is 0 Å². The van der Waals surface area contributed by atoms with Crippen LogP contribution < -0.4 is 4.90 Å². The largest absolute Gasteiger partial charge is 0.310 e. The molecule has 0 spiro atoms. The van der Waals surface area contributed by atoms with Gasteiger partial charge in [0.2, 0.25) is 0 Å². The molecule has 2 aromatic heterocycles. The Morgan fingerprint density at radius 2 is 0.782 bits per heavy atom. The zero-order valence-corrected chi connectivity index (χ0v) is 31.4.